The molecule has 1 aromatic rings. The number of nitrogens with one attached hydrogen (secondary N) is 1. The Bertz CT molecular complexity index is 550. The molecule has 5 nitrogen and oxygen atoms in total. The van der Waals surface area contributed by atoms with Gasteiger partial charge in [0.25, 0.3) is 0 Å². The van der Waals surface area contributed by atoms with Crippen LogP contribution in [0.15, 0.2) is 24.3 Å². The molecule has 1 aromatic carbocycles. The standard InChI is InChI=1S/C15H23NO4S/c1-12(2)5-3-4-10-16-21(19,20)11-13-6-8-14(9-7-13)15(17)18/h6-9,12,16H,3-5,10-11H2,1-2H3,(H,17,18). The molecule has 0 spiro atoms. The van der Waals surface area contributed by atoms with E-state index >= 15 is 0 Å². The maximum atomic E-state index is 11.9. The zero-order valence-corrected chi connectivity index (χ0v) is 13.3. The molecule has 0 aliphatic carbocycles. The van der Waals surface area contributed by atoms with Crippen molar-refractivity contribution in [2.75, 3.05) is 6.54 Å². The molecule has 0 aromatic heterocycles. The quantitative estimate of drug-likeness (QED) is 0.686. The van der Waals surface area contributed by atoms with Gasteiger partial charge in [0.05, 0.1) is 11.3 Å². The Balaban J connectivity index is 2.43. The van der Waals surface area contributed by atoms with Crippen LogP contribution in [-0.4, -0.2) is 26.0 Å². The summed E-state index contributed by atoms with van der Waals surface area (Å²) < 4.78 is 26.4. The second-order valence-corrected chi connectivity index (χ2v) is 7.35. The molecule has 1 rings (SSSR count). The fourth-order valence-electron chi connectivity index (χ4n) is 1.92. The smallest absolute Gasteiger partial charge is 0.335 e. The highest BCUT2D eigenvalue weighted by molar-refractivity contribution is 7.88. The fourth-order valence-corrected chi connectivity index (χ4v) is 3.11. The van der Waals surface area contributed by atoms with Crippen LogP contribution in [0.5, 0.6) is 0 Å². The van der Waals surface area contributed by atoms with E-state index < -0.39 is 16.0 Å². The van der Waals surface area contributed by atoms with Crippen molar-refractivity contribution in [3.63, 3.8) is 0 Å². The normalized spacial score (nSPS) is 11.8. The summed E-state index contributed by atoms with van der Waals surface area (Å²) >= 11 is 0. The molecular formula is C15H23NO4S. The Morgan fingerprint density at radius 2 is 1.81 bits per heavy atom. The predicted molar refractivity (Wildman–Crippen MR) is 82.7 cm³/mol. The van der Waals surface area contributed by atoms with E-state index in [4.69, 9.17) is 5.11 Å². The van der Waals surface area contributed by atoms with Crippen LogP contribution in [0.25, 0.3) is 0 Å². The van der Waals surface area contributed by atoms with E-state index in [1.54, 1.807) is 0 Å². The summed E-state index contributed by atoms with van der Waals surface area (Å²) in [6.07, 6.45) is 2.93. The van der Waals surface area contributed by atoms with Gasteiger partial charge in [-0.1, -0.05) is 38.8 Å². The van der Waals surface area contributed by atoms with Gasteiger partial charge in [-0.3, -0.25) is 0 Å². The number of hydrogen-bond donors (Lipinski definition) is 2. The van der Waals surface area contributed by atoms with Crippen molar-refractivity contribution in [1.29, 1.82) is 0 Å². The molecule has 21 heavy (non-hydrogen) atoms. The number of hydrogen-bond acceptors (Lipinski definition) is 3. The number of rotatable bonds is 9. The number of benzene rings is 1. The minimum absolute atomic E-state index is 0.128. The number of aromatic carboxylic acids is 1. The van der Waals surface area contributed by atoms with E-state index in [-0.39, 0.29) is 11.3 Å². The summed E-state index contributed by atoms with van der Waals surface area (Å²) in [5, 5.41) is 8.78. The minimum Gasteiger partial charge on any atom is -0.478 e. The Kier molecular flexibility index (Phi) is 6.84. The van der Waals surface area contributed by atoms with Crippen molar-refractivity contribution in [2.24, 2.45) is 5.92 Å². The molecule has 0 fully saturated rings. The molecule has 0 aliphatic rings. The maximum absolute atomic E-state index is 11.9. The van der Waals surface area contributed by atoms with E-state index in [1.807, 2.05) is 0 Å². The third-order valence-electron chi connectivity index (χ3n) is 3.09. The zero-order chi connectivity index (χ0) is 15.9. The van der Waals surface area contributed by atoms with Crippen molar-refractivity contribution in [3.8, 4) is 0 Å². The van der Waals surface area contributed by atoms with Crippen LogP contribution in [0.1, 0.15) is 49.0 Å². The predicted octanol–water partition coefficient (Wildman–Crippen LogP) is 2.63. The minimum atomic E-state index is -3.37. The fraction of sp³-hybridized carbons (Fsp3) is 0.533. The summed E-state index contributed by atoms with van der Waals surface area (Å²) in [4.78, 5) is 10.7. The van der Waals surface area contributed by atoms with Crippen molar-refractivity contribution in [3.05, 3.63) is 35.4 Å². The van der Waals surface area contributed by atoms with E-state index in [0.717, 1.165) is 19.3 Å². The highest BCUT2D eigenvalue weighted by Gasteiger charge is 2.11. The third kappa shape index (κ3) is 7.24. The third-order valence-corrected chi connectivity index (χ3v) is 4.45. The molecule has 0 amide bonds. The number of carboxylic acid groups (broad SMARTS) is 1. The second kappa shape index (κ2) is 8.14. The summed E-state index contributed by atoms with van der Waals surface area (Å²) in [6.45, 7) is 4.73. The van der Waals surface area contributed by atoms with Crippen LogP contribution < -0.4 is 4.72 Å². The molecule has 0 aliphatic heterocycles. The van der Waals surface area contributed by atoms with Gasteiger partial charge in [-0.25, -0.2) is 17.9 Å². The molecule has 0 unspecified atom stereocenters. The zero-order valence-electron chi connectivity index (χ0n) is 12.5. The van der Waals surface area contributed by atoms with Crippen molar-refractivity contribution >= 4 is 16.0 Å². The Hall–Kier alpha value is -1.40. The van der Waals surface area contributed by atoms with Gasteiger partial charge in [0.1, 0.15) is 0 Å². The molecule has 0 bridgehead atoms. The van der Waals surface area contributed by atoms with Gasteiger partial charge in [-0.15, -0.1) is 0 Å². The van der Waals surface area contributed by atoms with Crippen molar-refractivity contribution in [2.45, 2.75) is 38.9 Å². The summed E-state index contributed by atoms with van der Waals surface area (Å²) in [6, 6.07) is 5.88. The Labute approximate surface area is 126 Å². The van der Waals surface area contributed by atoms with Gasteiger partial charge in [-0.05, 0) is 30.0 Å². The maximum Gasteiger partial charge on any atom is 0.335 e. The number of sulfonamides is 1. The van der Waals surface area contributed by atoms with E-state index in [9.17, 15) is 13.2 Å². The van der Waals surface area contributed by atoms with Crippen molar-refractivity contribution in [1.82, 2.24) is 4.72 Å². The average molecular weight is 313 g/mol. The molecule has 0 heterocycles. The molecule has 2 N–H and O–H groups in total. The highest BCUT2D eigenvalue weighted by Crippen LogP contribution is 2.09. The second-order valence-electron chi connectivity index (χ2n) is 5.55. The molecule has 0 saturated heterocycles. The lowest BCUT2D eigenvalue weighted by Gasteiger charge is -2.08. The molecule has 118 valence electrons. The largest absolute Gasteiger partial charge is 0.478 e. The first-order chi connectivity index (χ1) is 9.80. The van der Waals surface area contributed by atoms with E-state index in [0.29, 0.717) is 18.0 Å². The van der Waals surface area contributed by atoms with Crippen LogP contribution in [-0.2, 0) is 15.8 Å². The summed E-state index contributed by atoms with van der Waals surface area (Å²) in [5.74, 6) is -0.515. The SMILES string of the molecule is CC(C)CCCCNS(=O)(=O)Cc1ccc(C(=O)O)cc1. The van der Waals surface area contributed by atoms with Crippen LogP contribution in [0.4, 0.5) is 0 Å². The first kappa shape index (κ1) is 17.7. The van der Waals surface area contributed by atoms with Crippen LogP contribution in [0.2, 0.25) is 0 Å². The lowest BCUT2D eigenvalue weighted by molar-refractivity contribution is 0.0697. The van der Waals surface area contributed by atoms with Gasteiger partial charge in [0, 0.05) is 6.54 Å². The number of carboxylic acids is 1. The topological polar surface area (TPSA) is 83.5 Å². The monoisotopic (exact) mass is 313 g/mol. The molecule has 6 heteroatoms. The van der Waals surface area contributed by atoms with Crippen LogP contribution in [0, 0.1) is 5.92 Å². The van der Waals surface area contributed by atoms with Gasteiger partial charge in [0.15, 0.2) is 0 Å². The summed E-state index contributed by atoms with van der Waals surface area (Å²) in [5.41, 5.74) is 0.729. The lowest BCUT2D eigenvalue weighted by atomic mass is 10.1. The van der Waals surface area contributed by atoms with Gasteiger partial charge in [-0.2, -0.15) is 0 Å². The highest BCUT2D eigenvalue weighted by atomic mass is 32.2. The Morgan fingerprint density at radius 3 is 2.33 bits per heavy atom. The van der Waals surface area contributed by atoms with Crippen LogP contribution in [0.3, 0.4) is 0 Å². The molecular weight excluding hydrogens is 290 g/mol. The van der Waals surface area contributed by atoms with Crippen molar-refractivity contribution < 1.29 is 18.3 Å². The number of carbonyl (C=O) groups is 1. The van der Waals surface area contributed by atoms with Gasteiger partial charge in [0.2, 0.25) is 10.0 Å². The van der Waals surface area contributed by atoms with E-state index in [1.165, 1.54) is 24.3 Å². The lowest BCUT2D eigenvalue weighted by Crippen LogP contribution is -2.26. The molecule has 0 atom stereocenters. The average Bonchev–Trinajstić information content (AvgIpc) is 2.38. The van der Waals surface area contributed by atoms with Gasteiger partial charge < -0.3 is 5.11 Å². The molecule has 0 saturated carbocycles. The van der Waals surface area contributed by atoms with E-state index in [2.05, 4.69) is 18.6 Å². The Morgan fingerprint density at radius 1 is 1.19 bits per heavy atom. The first-order valence-electron chi connectivity index (χ1n) is 7.10. The number of unbranched alkanes of at least 4 members (excludes halogenated alkanes) is 1. The van der Waals surface area contributed by atoms with Gasteiger partial charge >= 0.3 is 5.97 Å². The summed E-state index contributed by atoms with van der Waals surface area (Å²) in [7, 11) is -3.37. The first-order valence-corrected chi connectivity index (χ1v) is 8.75. The van der Waals surface area contributed by atoms with Crippen LogP contribution >= 0.6 is 0 Å². The molecule has 0 radical (unpaired) electrons.